The van der Waals surface area contributed by atoms with E-state index in [1.807, 2.05) is 37.3 Å². The van der Waals surface area contributed by atoms with E-state index in [9.17, 15) is 5.11 Å². The monoisotopic (exact) mass is 274 g/mol. The van der Waals surface area contributed by atoms with Crippen LogP contribution in [0.3, 0.4) is 0 Å². The largest absolute Gasteiger partial charge is 0.384 e. The highest BCUT2D eigenvalue weighted by molar-refractivity contribution is 5.21. The molecule has 2 atom stereocenters. The zero-order valence-electron chi connectivity index (χ0n) is 12.5. The highest BCUT2D eigenvalue weighted by atomic mass is 16.3. The van der Waals surface area contributed by atoms with Crippen LogP contribution in [0.25, 0.3) is 0 Å². The molecule has 3 rings (SSSR count). The average molecular weight is 274 g/mol. The van der Waals surface area contributed by atoms with Crippen LogP contribution in [-0.4, -0.2) is 53.7 Å². The van der Waals surface area contributed by atoms with Crippen LogP contribution in [0.2, 0.25) is 0 Å². The fraction of sp³-hybridized carbons (Fsp3) is 0.647. The van der Waals surface area contributed by atoms with Gasteiger partial charge in [-0.25, -0.2) is 0 Å². The lowest BCUT2D eigenvalue weighted by molar-refractivity contribution is 0.0142. The summed E-state index contributed by atoms with van der Waals surface area (Å²) in [7, 11) is 0. The van der Waals surface area contributed by atoms with Gasteiger partial charge in [0, 0.05) is 19.1 Å². The van der Waals surface area contributed by atoms with Crippen molar-refractivity contribution in [2.75, 3.05) is 32.7 Å². The third-order valence-electron chi connectivity index (χ3n) is 4.81. The van der Waals surface area contributed by atoms with Gasteiger partial charge in [0.25, 0.3) is 0 Å². The second kappa shape index (κ2) is 5.84. The van der Waals surface area contributed by atoms with Gasteiger partial charge in [0.05, 0.1) is 5.60 Å². The molecule has 0 amide bonds. The predicted octanol–water partition coefficient (Wildman–Crippen LogP) is 2.06. The van der Waals surface area contributed by atoms with Crippen molar-refractivity contribution >= 4 is 0 Å². The van der Waals surface area contributed by atoms with Crippen molar-refractivity contribution in [1.29, 1.82) is 0 Å². The summed E-state index contributed by atoms with van der Waals surface area (Å²) in [5.74, 6) is 0. The van der Waals surface area contributed by atoms with Crippen LogP contribution in [0.1, 0.15) is 31.7 Å². The SMILES string of the molecule is CC(O)(CN1CCCN2CCCC2C1)c1ccccc1. The molecule has 0 aliphatic carbocycles. The van der Waals surface area contributed by atoms with E-state index in [0.717, 1.165) is 25.2 Å². The molecule has 2 aliphatic rings. The Morgan fingerprint density at radius 1 is 1.15 bits per heavy atom. The van der Waals surface area contributed by atoms with Gasteiger partial charge in [-0.15, -0.1) is 0 Å². The summed E-state index contributed by atoms with van der Waals surface area (Å²) in [5.41, 5.74) is 0.266. The highest BCUT2D eigenvalue weighted by Gasteiger charge is 2.32. The van der Waals surface area contributed by atoms with E-state index in [4.69, 9.17) is 0 Å². The van der Waals surface area contributed by atoms with Gasteiger partial charge in [0.15, 0.2) is 0 Å². The van der Waals surface area contributed by atoms with E-state index in [0.29, 0.717) is 6.04 Å². The molecule has 1 aromatic carbocycles. The van der Waals surface area contributed by atoms with Gasteiger partial charge in [-0.1, -0.05) is 30.3 Å². The normalized spacial score (nSPS) is 27.8. The molecule has 0 saturated carbocycles. The number of β-amino-alcohol motifs (C(OH)–C–C–N with tert-alkyl or cyclic N) is 1. The zero-order chi connectivity index (χ0) is 14.0. The molecule has 2 fully saturated rings. The molecule has 20 heavy (non-hydrogen) atoms. The molecular formula is C17H26N2O. The van der Waals surface area contributed by atoms with E-state index in [2.05, 4.69) is 9.80 Å². The summed E-state index contributed by atoms with van der Waals surface area (Å²) in [4.78, 5) is 5.10. The van der Waals surface area contributed by atoms with Crippen LogP contribution in [0.5, 0.6) is 0 Å². The Kier molecular flexibility index (Phi) is 4.11. The van der Waals surface area contributed by atoms with Crippen LogP contribution in [0.4, 0.5) is 0 Å². The fourth-order valence-corrected chi connectivity index (χ4v) is 3.75. The van der Waals surface area contributed by atoms with E-state index in [1.54, 1.807) is 0 Å². The van der Waals surface area contributed by atoms with E-state index in [1.165, 1.54) is 32.4 Å². The second-order valence-electron chi connectivity index (χ2n) is 6.56. The Labute approximate surface area is 122 Å². The van der Waals surface area contributed by atoms with E-state index in [-0.39, 0.29) is 0 Å². The summed E-state index contributed by atoms with van der Waals surface area (Å²) in [6, 6.07) is 10.8. The summed E-state index contributed by atoms with van der Waals surface area (Å²) < 4.78 is 0. The summed E-state index contributed by atoms with van der Waals surface area (Å²) in [5, 5.41) is 10.8. The molecule has 3 nitrogen and oxygen atoms in total. The van der Waals surface area contributed by atoms with Crippen LogP contribution in [0.15, 0.2) is 30.3 Å². The maximum atomic E-state index is 10.8. The third kappa shape index (κ3) is 3.05. The van der Waals surface area contributed by atoms with Crippen molar-refractivity contribution in [2.24, 2.45) is 0 Å². The van der Waals surface area contributed by atoms with Gasteiger partial charge in [-0.3, -0.25) is 9.80 Å². The molecule has 0 spiro atoms. The van der Waals surface area contributed by atoms with Gasteiger partial charge in [0.1, 0.15) is 0 Å². The molecule has 2 saturated heterocycles. The van der Waals surface area contributed by atoms with Crippen molar-refractivity contribution in [3.63, 3.8) is 0 Å². The predicted molar refractivity (Wildman–Crippen MR) is 81.7 cm³/mol. The van der Waals surface area contributed by atoms with Crippen LogP contribution in [0, 0.1) is 0 Å². The standard InChI is InChI=1S/C17H26N2O/c1-17(20,15-7-3-2-4-8-15)14-18-10-6-12-19-11-5-9-16(19)13-18/h2-4,7-8,16,20H,5-6,9-14H2,1H3. The molecule has 110 valence electrons. The topological polar surface area (TPSA) is 26.7 Å². The first-order chi connectivity index (χ1) is 9.65. The number of aliphatic hydroxyl groups is 1. The summed E-state index contributed by atoms with van der Waals surface area (Å²) in [6.07, 6.45) is 3.89. The van der Waals surface area contributed by atoms with Gasteiger partial charge in [0.2, 0.25) is 0 Å². The lowest BCUT2D eigenvalue weighted by atomic mass is 9.95. The Morgan fingerprint density at radius 3 is 2.70 bits per heavy atom. The lowest BCUT2D eigenvalue weighted by Gasteiger charge is -2.33. The molecule has 3 heteroatoms. The average Bonchev–Trinajstić information content (AvgIpc) is 2.79. The molecule has 1 aromatic rings. The van der Waals surface area contributed by atoms with Crippen molar-refractivity contribution in [2.45, 2.75) is 37.8 Å². The summed E-state index contributed by atoms with van der Waals surface area (Å²) >= 11 is 0. The Hall–Kier alpha value is -0.900. The number of rotatable bonds is 3. The second-order valence-corrected chi connectivity index (χ2v) is 6.56. The van der Waals surface area contributed by atoms with Crippen LogP contribution in [-0.2, 0) is 5.60 Å². The Bertz CT molecular complexity index is 432. The third-order valence-corrected chi connectivity index (χ3v) is 4.81. The van der Waals surface area contributed by atoms with Gasteiger partial charge in [-0.2, -0.15) is 0 Å². The first-order valence-electron chi connectivity index (χ1n) is 7.89. The minimum atomic E-state index is -0.755. The minimum absolute atomic E-state index is 0.712. The summed E-state index contributed by atoms with van der Waals surface area (Å²) in [6.45, 7) is 7.40. The van der Waals surface area contributed by atoms with Gasteiger partial charge < -0.3 is 5.11 Å². The number of nitrogens with zero attached hydrogens (tertiary/aromatic N) is 2. The number of benzene rings is 1. The molecule has 0 bridgehead atoms. The van der Waals surface area contributed by atoms with Crippen molar-refractivity contribution in [1.82, 2.24) is 9.80 Å². The maximum Gasteiger partial charge on any atom is 0.0994 e. The quantitative estimate of drug-likeness (QED) is 0.914. The van der Waals surface area contributed by atoms with Crippen molar-refractivity contribution < 1.29 is 5.11 Å². The first kappa shape index (κ1) is 14.1. The van der Waals surface area contributed by atoms with Gasteiger partial charge >= 0.3 is 0 Å². The van der Waals surface area contributed by atoms with Crippen molar-refractivity contribution in [3.05, 3.63) is 35.9 Å². The maximum absolute atomic E-state index is 10.8. The Balaban J connectivity index is 1.67. The Morgan fingerprint density at radius 2 is 1.90 bits per heavy atom. The first-order valence-corrected chi connectivity index (χ1v) is 7.89. The van der Waals surface area contributed by atoms with Crippen molar-refractivity contribution in [3.8, 4) is 0 Å². The number of fused-ring (bicyclic) bond motifs is 1. The van der Waals surface area contributed by atoms with E-state index < -0.39 is 5.60 Å². The molecule has 1 N–H and O–H groups in total. The molecule has 0 aromatic heterocycles. The lowest BCUT2D eigenvalue weighted by Crippen LogP contribution is -2.43. The fourth-order valence-electron chi connectivity index (χ4n) is 3.75. The highest BCUT2D eigenvalue weighted by Crippen LogP contribution is 2.25. The minimum Gasteiger partial charge on any atom is -0.384 e. The number of hydrogen-bond donors (Lipinski definition) is 1. The molecule has 0 radical (unpaired) electrons. The smallest absolute Gasteiger partial charge is 0.0994 e. The van der Waals surface area contributed by atoms with Crippen LogP contribution < -0.4 is 0 Å². The molecule has 2 heterocycles. The van der Waals surface area contributed by atoms with E-state index >= 15 is 0 Å². The zero-order valence-corrected chi connectivity index (χ0v) is 12.5. The molecule has 2 aliphatic heterocycles. The number of hydrogen-bond acceptors (Lipinski definition) is 3. The molecular weight excluding hydrogens is 248 g/mol. The van der Waals surface area contributed by atoms with Gasteiger partial charge in [-0.05, 0) is 51.4 Å². The van der Waals surface area contributed by atoms with Crippen LogP contribution >= 0.6 is 0 Å². The molecule has 2 unspecified atom stereocenters.